The van der Waals surface area contributed by atoms with E-state index in [9.17, 15) is 4.79 Å². The second-order valence-corrected chi connectivity index (χ2v) is 3.76. The van der Waals surface area contributed by atoms with Crippen molar-refractivity contribution in [3.63, 3.8) is 0 Å². The van der Waals surface area contributed by atoms with Crippen LogP contribution in [0.2, 0.25) is 5.02 Å². The summed E-state index contributed by atoms with van der Waals surface area (Å²) in [5.41, 5.74) is 5.92. The summed E-state index contributed by atoms with van der Waals surface area (Å²) in [7, 11) is 1.75. The molecule has 0 fully saturated rings. The Labute approximate surface area is 94.8 Å². The van der Waals surface area contributed by atoms with Gasteiger partial charge in [0.15, 0.2) is 0 Å². The molecule has 0 atom stereocenters. The monoisotopic (exact) mass is 226 g/mol. The van der Waals surface area contributed by atoms with Gasteiger partial charge in [0.2, 0.25) is 0 Å². The summed E-state index contributed by atoms with van der Waals surface area (Å²) >= 11 is 5.93. The van der Waals surface area contributed by atoms with Crippen LogP contribution in [0.3, 0.4) is 0 Å². The highest BCUT2D eigenvalue weighted by Crippen LogP contribution is 2.16. The molecule has 0 saturated carbocycles. The Bertz CT molecular complexity index is 341. The van der Waals surface area contributed by atoms with Crippen molar-refractivity contribution in [2.75, 3.05) is 20.1 Å². The topological polar surface area (TPSA) is 46.3 Å². The Kier molecular flexibility index (Phi) is 4.59. The highest BCUT2D eigenvalue weighted by molar-refractivity contribution is 6.33. The highest BCUT2D eigenvalue weighted by Gasteiger charge is 2.13. The first kappa shape index (κ1) is 12.0. The van der Waals surface area contributed by atoms with Crippen LogP contribution >= 0.6 is 11.6 Å². The number of hydrogen-bond donors (Lipinski definition) is 1. The zero-order valence-corrected chi connectivity index (χ0v) is 9.50. The van der Waals surface area contributed by atoms with Gasteiger partial charge in [-0.2, -0.15) is 0 Å². The molecule has 15 heavy (non-hydrogen) atoms. The van der Waals surface area contributed by atoms with Gasteiger partial charge in [-0.15, -0.1) is 0 Å². The fourth-order valence-electron chi connectivity index (χ4n) is 1.27. The third kappa shape index (κ3) is 3.22. The molecule has 0 aliphatic heterocycles. The summed E-state index contributed by atoms with van der Waals surface area (Å²) < 4.78 is 0. The normalized spacial score (nSPS) is 10.1. The Balaban J connectivity index is 2.72. The van der Waals surface area contributed by atoms with Crippen LogP contribution in [-0.4, -0.2) is 30.9 Å². The number of halogens is 1. The van der Waals surface area contributed by atoms with Crippen LogP contribution < -0.4 is 5.73 Å². The number of nitrogens with zero attached hydrogens (tertiary/aromatic N) is 1. The summed E-state index contributed by atoms with van der Waals surface area (Å²) in [4.78, 5) is 13.5. The zero-order chi connectivity index (χ0) is 11.3. The summed E-state index contributed by atoms with van der Waals surface area (Å²) in [6.07, 6.45) is 0.798. The molecule has 1 aromatic carbocycles. The molecule has 82 valence electrons. The van der Waals surface area contributed by atoms with E-state index in [1.807, 2.05) is 0 Å². The lowest BCUT2D eigenvalue weighted by Crippen LogP contribution is -2.29. The smallest absolute Gasteiger partial charge is 0.255 e. The van der Waals surface area contributed by atoms with Crippen LogP contribution in [0.15, 0.2) is 24.3 Å². The van der Waals surface area contributed by atoms with Crippen LogP contribution in [0.4, 0.5) is 0 Å². The minimum absolute atomic E-state index is 0.0611. The number of benzene rings is 1. The Morgan fingerprint density at radius 2 is 2.13 bits per heavy atom. The molecule has 1 amide bonds. The molecule has 0 radical (unpaired) electrons. The molecule has 1 rings (SSSR count). The van der Waals surface area contributed by atoms with Crippen molar-refractivity contribution in [2.45, 2.75) is 6.42 Å². The van der Waals surface area contributed by atoms with Crippen molar-refractivity contribution in [2.24, 2.45) is 5.73 Å². The first-order valence-corrected chi connectivity index (χ1v) is 5.24. The van der Waals surface area contributed by atoms with Crippen molar-refractivity contribution in [3.8, 4) is 0 Å². The molecule has 3 nitrogen and oxygen atoms in total. The van der Waals surface area contributed by atoms with Crippen LogP contribution in [0.25, 0.3) is 0 Å². The number of carbonyl (C=O) groups is 1. The van der Waals surface area contributed by atoms with Gasteiger partial charge in [-0.25, -0.2) is 0 Å². The van der Waals surface area contributed by atoms with Crippen molar-refractivity contribution >= 4 is 17.5 Å². The highest BCUT2D eigenvalue weighted by atomic mass is 35.5. The SMILES string of the molecule is CN(CCCN)C(=O)c1ccccc1Cl. The largest absolute Gasteiger partial charge is 0.342 e. The lowest BCUT2D eigenvalue weighted by molar-refractivity contribution is 0.0794. The molecule has 0 aromatic heterocycles. The van der Waals surface area contributed by atoms with Crippen LogP contribution in [0.1, 0.15) is 16.8 Å². The van der Waals surface area contributed by atoms with E-state index in [-0.39, 0.29) is 5.91 Å². The Morgan fingerprint density at radius 3 is 2.73 bits per heavy atom. The van der Waals surface area contributed by atoms with Crippen molar-refractivity contribution in [1.82, 2.24) is 4.90 Å². The molecule has 0 heterocycles. The summed E-state index contributed by atoms with van der Waals surface area (Å²) in [6, 6.07) is 7.05. The molecule has 0 bridgehead atoms. The summed E-state index contributed by atoms with van der Waals surface area (Å²) in [5.74, 6) is -0.0611. The average Bonchev–Trinajstić information content (AvgIpc) is 2.25. The Morgan fingerprint density at radius 1 is 1.47 bits per heavy atom. The van der Waals surface area contributed by atoms with Gasteiger partial charge in [-0.05, 0) is 25.1 Å². The third-order valence-electron chi connectivity index (χ3n) is 2.15. The summed E-state index contributed by atoms with van der Waals surface area (Å²) in [5, 5.41) is 0.488. The Hall–Kier alpha value is -1.06. The van der Waals surface area contributed by atoms with Crippen molar-refractivity contribution < 1.29 is 4.79 Å². The molecular formula is C11H15ClN2O. The number of amides is 1. The fourth-order valence-corrected chi connectivity index (χ4v) is 1.49. The van der Waals surface area contributed by atoms with Gasteiger partial charge >= 0.3 is 0 Å². The molecule has 0 unspecified atom stereocenters. The van der Waals surface area contributed by atoms with E-state index in [0.29, 0.717) is 23.7 Å². The molecule has 0 aliphatic carbocycles. The zero-order valence-electron chi connectivity index (χ0n) is 8.74. The number of nitrogens with two attached hydrogens (primary N) is 1. The predicted molar refractivity (Wildman–Crippen MR) is 62.1 cm³/mol. The van der Waals surface area contributed by atoms with Crippen molar-refractivity contribution in [3.05, 3.63) is 34.9 Å². The number of rotatable bonds is 4. The van der Waals surface area contributed by atoms with E-state index in [1.165, 1.54) is 0 Å². The predicted octanol–water partition coefficient (Wildman–Crippen LogP) is 1.76. The maximum Gasteiger partial charge on any atom is 0.255 e. The van der Waals surface area contributed by atoms with E-state index in [0.717, 1.165) is 6.42 Å². The maximum absolute atomic E-state index is 11.9. The minimum Gasteiger partial charge on any atom is -0.342 e. The quantitative estimate of drug-likeness (QED) is 0.851. The van der Waals surface area contributed by atoms with Crippen LogP contribution in [0, 0.1) is 0 Å². The average molecular weight is 227 g/mol. The second kappa shape index (κ2) is 5.73. The second-order valence-electron chi connectivity index (χ2n) is 3.35. The standard InChI is InChI=1S/C11H15ClN2O/c1-14(8-4-7-13)11(15)9-5-2-3-6-10(9)12/h2-3,5-6H,4,7-8,13H2,1H3. The van der Waals surface area contributed by atoms with Gasteiger partial charge < -0.3 is 10.6 Å². The maximum atomic E-state index is 11.9. The van der Waals surface area contributed by atoms with Gasteiger partial charge in [0.1, 0.15) is 0 Å². The number of carbonyl (C=O) groups excluding carboxylic acids is 1. The molecule has 0 aliphatic rings. The minimum atomic E-state index is -0.0611. The van der Waals surface area contributed by atoms with E-state index in [1.54, 1.807) is 36.2 Å². The molecular weight excluding hydrogens is 212 g/mol. The lowest BCUT2D eigenvalue weighted by atomic mass is 10.2. The van der Waals surface area contributed by atoms with E-state index in [4.69, 9.17) is 17.3 Å². The van der Waals surface area contributed by atoms with Gasteiger partial charge in [-0.3, -0.25) is 4.79 Å². The van der Waals surface area contributed by atoms with Gasteiger partial charge in [0, 0.05) is 13.6 Å². The van der Waals surface area contributed by atoms with Crippen LogP contribution in [-0.2, 0) is 0 Å². The molecule has 4 heteroatoms. The number of hydrogen-bond acceptors (Lipinski definition) is 2. The molecule has 2 N–H and O–H groups in total. The van der Waals surface area contributed by atoms with Gasteiger partial charge in [-0.1, -0.05) is 23.7 Å². The van der Waals surface area contributed by atoms with E-state index >= 15 is 0 Å². The lowest BCUT2D eigenvalue weighted by Gasteiger charge is -2.17. The van der Waals surface area contributed by atoms with Crippen LogP contribution in [0.5, 0.6) is 0 Å². The molecule has 0 saturated heterocycles. The molecule has 1 aromatic rings. The molecule has 0 spiro atoms. The van der Waals surface area contributed by atoms with E-state index in [2.05, 4.69) is 0 Å². The van der Waals surface area contributed by atoms with Gasteiger partial charge in [0.25, 0.3) is 5.91 Å². The van der Waals surface area contributed by atoms with Crippen molar-refractivity contribution in [1.29, 1.82) is 0 Å². The first-order valence-electron chi connectivity index (χ1n) is 4.87. The van der Waals surface area contributed by atoms with Gasteiger partial charge in [0.05, 0.1) is 10.6 Å². The fraction of sp³-hybridized carbons (Fsp3) is 0.364. The first-order chi connectivity index (χ1) is 7.16. The van der Waals surface area contributed by atoms with E-state index < -0.39 is 0 Å². The third-order valence-corrected chi connectivity index (χ3v) is 2.48. The summed E-state index contributed by atoms with van der Waals surface area (Å²) in [6.45, 7) is 1.24.